The van der Waals surface area contributed by atoms with Crippen LogP contribution in [0.2, 0.25) is 0 Å². The Morgan fingerprint density at radius 2 is 2.22 bits per heavy atom. The smallest absolute Gasteiger partial charge is 0.0509 e. The number of nitrogens with zero attached hydrogens (tertiary/aromatic N) is 2. The Balaban J connectivity index is 2.34. The first-order valence-electron chi connectivity index (χ1n) is 7.04. The molecule has 0 radical (unpaired) electrons. The molecule has 1 aliphatic heterocycles. The Morgan fingerprint density at radius 1 is 1.39 bits per heavy atom. The molecule has 1 aromatic heterocycles. The summed E-state index contributed by atoms with van der Waals surface area (Å²) in [5.74, 6) is 0.551. The maximum atomic E-state index is 6.07. The molecule has 100 valence electrons. The molecular formula is C15H23ClN2. The van der Waals surface area contributed by atoms with Crippen molar-refractivity contribution in [3.05, 3.63) is 23.5 Å². The third-order valence-electron chi connectivity index (χ3n) is 3.90. The minimum absolute atomic E-state index is 0.551. The summed E-state index contributed by atoms with van der Waals surface area (Å²) in [6, 6.07) is 2.86. The number of rotatable bonds is 3. The average molecular weight is 267 g/mol. The molecule has 18 heavy (non-hydrogen) atoms. The van der Waals surface area contributed by atoms with Crippen molar-refractivity contribution in [3.8, 4) is 0 Å². The van der Waals surface area contributed by atoms with E-state index in [9.17, 15) is 0 Å². The lowest BCUT2D eigenvalue weighted by atomic mass is 10.1. The summed E-state index contributed by atoms with van der Waals surface area (Å²) in [5.41, 5.74) is 3.56. The molecule has 0 saturated carbocycles. The highest BCUT2D eigenvalue weighted by Crippen LogP contribution is 2.29. The van der Waals surface area contributed by atoms with Gasteiger partial charge < -0.3 is 4.90 Å². The van der Waals surface area contributed by atoms with Gasteiger partial charge in [-0.1, -0.05) is 19.8 Å². The van der Waals surface area contributed by atoms with Crippen molar-refractivity contribution in [3.63, 3.8) is 0 Å². The summed E-state index contributed by atoms with van der Waals surface area (Å²) in [5, 5.41) is 0. The van der Waals surface area contributed by atoms with Crippen LogP contribution in [-0.2, 0) is 5.88 Å². The van der Waals surface area contributed by atoms with E-state index in [0.717, 1.165) is 12.2 Å². The summed E-state index contributed by atoms with van der Waals surface area (Å²) < 4.78 is 0. The fraction of sp³-hybridized carbons (Fsp3) is 0.667. The van der Waals surface area contributed by atoms with E-state index in [1.54, 1.807) is 0 Å². The van der Waals surface area contributed by atoms with Crippen molar-refractivity contribution in [1.82, 2.24) is 4.98 Å². The third-order valence-corrected chi connectivity index (χ3v) is 4.19. The van der Waals surface area contributed by atoms with E-state index in [4.69, 9.17) is 11.6 Å². The van der Waals surface area contributed by atoms with Gasteiger partial charge >= 0.3 is 0 Å². The van der Waals surface area contributed by atoms with E-state index in [1.807, 2.05) is 6.20 Å². The number of hydrogen-bond donors (Lipinski definition) is 0. The van der Waals surface area contributed by atoms with Crippen LogP contribution in [0.25, 0.3) is 0 Å². The van der Waals surface area contributed by atoms with E-state index >= 15 is 0 Å². The predicted octanol–water partition coefficient (Wildman–Crippen LogP) is 4.29. The Kier molecular flexibility index (Phi) is 4.87. The molecule has 1 saturated heterocycles. The van der Waals surface area contributed by atoms with E-state index in [-0.39, 0.29) is 0 Å². The van der Waals surface area contributed by atoms with E-state index in [2.05, 4.69) is 29.8 Å². The van der Waals surface area contributed by atoms with Crippen LogP contribution in [-0.4, -0.2) is 17.6 Å². The molecule has 1 fully saturated rings. The van der Waals surface area contributed by atoms with Crippen LogP contribution in [0.1, 0.15) is 50.3 Å². The fourth-order valence-corrected chi connectivity index (χ4v) is 3.07. The SMILES string of the molecule is CCC1CCCCCN1c1cc(C)ncc1CCl. The first-order chi connectivity index (χ1) is 8.76. The number of halogens is 1. The molecule has 1 aromatic rings. The molecule has 1 atom stereocenters. The Labute approximate surface area is 115 Å². The summed E-state index contributed by atoms with van der Waals surface area (Å²) >= 11 is 6.07. The number of hydrogen-bond acceptors (Lipinski definition) is 2. The van der Waals surface area contributed by atoms with Gasteiger partial charge in [0.2, 0.25) is 0 Å². The Hall–Kier alpha value is -0.760. The zero-order valence-electron chi connectivity index (χ0n) is 11.5. The standard InChI is InChI=1S/C15H23ClN2/c1-3-14-7-5-4-6-8-18(14)15-9-12(2)17-11-13(15)10-16/h9,11,14H,3-8,10H2,1-2H3. The largest absolute Gasteiger partial charge is 0.368 e. The molecule has 2 nitrogen and oxygen atoms in total. The molecule has 0 amide bonds. The molecule has 0 bridgehead atoms. The quantitative estimate of drug-likeness (QED) is 0.759. The molecule has 1 unspecified atom stereocenters. The van der Waals surface area contributed by atoms with E-state index < -0.39 is 0 Å². The van der Waals surface area contributed by atoms with Crippen LogP contribution < -0.4 is 4.90 Å². The monoisotopic (exact) mass is 266 g/mol. The fourth-order valence-electron chi connectivity index (χ4n) is 2.86. The van der Waals surface area contributed by atoms with Crippen molar-refractivity contribution in [2.75, 3.05) is 11.4 Å². The van der Waals surface area contributed by atoms with Gasteiger partial charge in [0.1, 0.15) is 0 Å². The van der Waals surface area contributed by atoms with Gasteiger partial charge in [-0.2, -0.15) is 0 Å². The minimum Gasteiger partial charge on any atom is -0.368 e. The van der Waals surface area contributed by atoms with Gasteiger partial charge in [0, 0.05) is 35.7 Å². The second-order valence-electron chi connectivity index (χ2n) is 5.19. The normalized spacial score (nSPS) is 20.8. The Morgan fingerprint density at radius 3 is 2.94 bits per heavy atom. The molecule has 1 aliphatic rings. The van der Waals surface area contributed by atoms with Gasteiger partial charge in [0.25, 0.3) is 0 Å². The Bertz CT molecular complexity index is 392. The maximum absolute atomic E-state index is 6.07. The lowest BCUT2D eigenvalue weighted by Gasteiger charge is -2.33. The zero-order valence-corrected chi connectivity index (χ0v) is 12.2. The molecule has 0 N–H and O–H groups in total. The highest BCUT2D eigenvalue weighted by molar-refractivity contribution is 6.17. The average Bonchev–Trinajstić information content (AvgIpc) is 2.63. The summed E-state index contributed by atoms with van der Waals surface area (Å²) in [7, 11) is 0. The number of alkyl halides is 1. The van der Waals surface area contributed by atoms with Crippen LogP contribution >= 0.6 is 11.6 Å². The van der Waals surface area contributed by atoms with Crippen LogP contribution in [0.3, 0.4) is 0 Å². The van der Waals surface area contributed by atoms with Crippen molar-refractivity contribution in [1.29, 1.82) is 0 Å². The van der Waals surface area contributed by atoms with Gasteiger partial charge in [-0.25, -0.2) is 0 Å². The van der Waals surface area contributed by atoms with E-state index in [0.29, 0.717) is 11.9 Å². The molecule has 0 spiro atoms. The van der Waals surface area contributed by atoms with Gasteiger partial charge in [-0.05, 0) is 32.3 Å². The lowest BCUT2D eigenvalue weighted by molar-refractivity contribution is 0.555. The molecule has 2 rings (SSSR count). The predicted molar refractivity (Wildman–Crippen MR) is 78.4 cm³/mol. The van der Waals surface area contributed by atoms with Crippen LogP contribution in [0.4, 0.5) is 5.69 Å². The lowest BCUT2D eigenvalue weighted by Crippen LogP contribution is -2.35. The number of aryl methyl sites for hydroxylation is 1. The van der Waals surface area contributed by atoms with Crippen LogP contribution in [0, 0.1) is 6.92 Å². The number of aromatic nitrogens is 1. The van der Waals surface area contributed by atoms with E-state index in [1.165, 1.54) is 43.4 Å². The third kappa shape index (κ3) is 2.97. The first kappa shape index (κ1) is 13.7. The van der Waals surface area contributed by atoms with Crippen molar-refractivity contribution in [2.45, 2.75) is 57.9 Å². The number of anilines is 1. The molecule has 2 heterocycles. The zero-order chi connectivity index (χ0) is 13.0. The molecule has 0 aromatic carbocycles. The maximum Gasteiger partial charge on any atom is 0.0509 e. The van der Waals surface area contributed by atoms with Gasteiger partial charge in [-0.3, -0.25) is 4.98 Å². The second-order valence-corrected chi connectivity index (χ2v) is 5.46. The van der Waals surface area contributed by atoms with Crippen molar-refractivity contribution in [2.24, 2.45) is 0 Å². The van der Waals surface area contributed by atoms with Gasteiger partial charge in [0.05, 0.1) is 5.88 Å². The first-order valence-corrected chi connectivity index (χ1v) is 7.57. The molecule has 0 aliphatic carbocycles. The summed E-state index contributed by atoms with van der Waals surface area (Å²) in [6.07, 6.45) is 8.46. The summed E-state index contributed by atoms with van der Waals surface area (Å²) in [4.78, 5) is 6.94. The van der Waals surface area contributed by atoms with Gasteiger partial charge in [-0.15, -0.1) is 11.6 Å². The van der Waals surface area contributed by atoms with Crippen LogP contribution in [0.5, 0.6) is 0 Å². The van der Waals surface area contributed by atoms with Crippen LogP contribution in [0.15, 0.2) is 12.3 Å². The topological polar surface area (TPSA) is 16.1 Å². The highest BCUT2D eigenvalue weighted by Gasteiger charge is 2.21. The molecule has 3 heteroatoms. The van der Waals surface area contributed by atoms with Gasteiger partial charge in [0.15, 0.2) is 0 Å². The van der Waals surface area contributed by atoms with Crippen molar-refractivity contribution < 1.29 is 0 Å². The number of pyridine rings is 1. The minimum atomic E-state index is 0.551. The second kappa shape index (κ2) is 6.42. The molecular weight excluding hydrogens is 244 g/mol. The highest BCUT2D eigenvalue weighted by atomic mass is 35.5. The summed E-state index contributed by atoms with van der Waals surface area (Å²) in [6.45, 7) is 5.50. The van der Waals surface area contributed by atoms with Crippen molar-refractivity contribution >= 4 is 17.3 Å².